The van der Waals surface area contributed by atoms with Gasteiger partial charge in [0.15, 0.2) is 0 Å². The maximum atomic E-state index is 9.13. The SMILES string of the molecule is NCC(=O)[O-].[Al+3].[OH-]. The van der Waals surface area contributed by atoms with E-state index in [1.165, 1.54) is 0 Å². The number of carbonyl (C=O) groups is 1. The van der Waals surface area contributed by atoms with Gasteiger partial charge >= 0.3 is 17.4 Å². The number of hydrogen-bond donors (Lipinski definition) is 1. The summed E-state index contributed by atoms with van der Waals surface area (Å²) in [6, 6.07) is 0. The van der Waals surface area contributed by atoms with E-state index in [1.807, 2.05) is 0 Å². The molecule has 0 saturated heterocycles. The van der Waals surface area contributed by atoms with Crippen LogP contribution in [0.15, 0.2) is 0 Å². The van der Waals surface area contributed by atoms with Gasteiger partial charge in [-0.2, -0.15) is 0 Å². The molecule has 3 N–H and O–H groups in total. The first-order valence-corrected chi connectivity index (χ1v) is 1.17. The van der Waals surface area contributed by atoms with Crippen LogP contribution in [0.2, 0.25) is 0 Å². The fourth-order valence-electron chi connectivity index (χ4n) is 0. The topological polar surface area (TPSA) is 96.2 Å². The summed E-state index contributed by atoms with van der Waals surface area (Å²) in [5, 5.41) is 9.13. The Labute approximate surface area is 51.8 Å². The average molecular weight is 118 g/mol. The minimum absolute atomic E-state index is 0. The van der Waals surface area contributed by atoms with Gasteiger partial charge in [0.1, 0.15) is 0 Å². The Morgan fingerprint density at radius 3 is 1.86 bits per heavy atom. The Bertz CT molecular complexity index is 48.2. The van der Waals surface area contributed by atoms with Crippen LogP contribution in [0.5, 0.6) is 0 Å². The summed E-state index contributed by atoms with van der Waals surface area (Å²) < 4.78 is 0. The second kappa shape index (κ2) is 9.33. The molecule has 0 rings (SSSR count). The van der Waals surface area contributed by atoms with E-state index >= 15 is 0 Å². The van der Waals surface area contributed by atoms with Crippen molar-refractivity contribution in [1.82, 2.24) is 0 Å². The van der Waals surface area contributed by atoms with E-state index in [-0.39, 0.29) is 29.4 Å². The smallest absolute Gasteiger partial charge is 0.870 e. The number of carboxylic acid groups (broad SMARTS) is 1. The summed E-state index contributed by atoms with van der Waals surface area (Å²) in [6.07, 6.45) is 0. The van der Waals surface area contributed by atoms with Crippen LogP contribution in [0.3, 0.4) is 0 Å². The number of rotatable bonds is 1. The molecule has 38 valence electrons. The zero-order valence-corrected chi connectivity index (χ0v) is 4.78. The standard InChI is InChI=1S/C2H5NO2.Al.H2O/c3-1-2(4)5;;/h1,3H2,(H,4,5);;1H2/q;+3;/p-2. The van der Waals surface area contributed by atoms with Gasteiger partial charge in [-0.25, -0.2) is 0 Å². The molecule has 0 bridgehead atoms. The van der Waals surface area contributed by atoms with E-state index in [0.717, 1.165) is 0 Å². The average Bonchev–Trinajstić information content (AvgIpc) is 1.38. The molecule has 4 nitrogen and oxygen atoms in total. The third-order valence-corrected chi connectivity index (χ3v) is 0.167. The first kappa shape index (κ1) is 15.8. The van der Waals surface area contributed by atoms with Crippen LogP contribution in [-0.4, -0.2) is 35.4 Å². The summed E-state index contributed by atoms with van der Waals surface area (Å²) in [5.41, 5.74) is 4.51. The fourth-order valence-corrected chi connectivity index (χ4v) is 0. The van der Waals surface area contributed by atoms with E-state index in [0.29, 0.717) is 0 Å². The summed E-state index contributed by atoms with van der Waals surface area (Å²) in [6.45, 7) is -0.389. The van der Waals surface area contributed by atoms with Gasteiger partial charge in [0, 0.05) is 6.54 Å². The van der Waals surface area contributed by atoms with Crippen molar-refractivity contribution in [2.24, 2.45) is 5.73 Å². The molecule has 0 aromatic carbocycles. The molecule has 0 aliphatic heterocycles. The molecule has 0 heterocycles. The van der Waals surface area contributed by atoms with Crippen molar-refractivity contribution in [3.05, 3.63) is 0 Å². The van der Waals surface area contributed by atoms with Gasteiger partial charge in [0.2, 0.25) is 0 Å². The molecule has 7 heavy (non-hydrogen) atoms. The molecule has 0 aromatic rings. The van der Waals surface area contributed by atoms with Crippen molar-refractivity contribution in [2.75, 3.05) is 6.54 Å². The Balaban J connectivity index is -0.0000000800. The third-order valence-electron chi connectivity index (χ3n) is 0.167. The van der Waals surface area contributed by atoms with Crippen molar-refractivity contribution in [1.29, 1.82) is 0 Å². The zero-order valence-electron chi connectivity index (χ0n) is 3.63. The maximum absolute atomic E-state index is 9.13. The van der Waals surface area contributed by atoms with Crippen LogP contribution in [0.1, 0.15) is 0 Å². The van der Waals surface area contributed by atoms with Gasteiger partial charge in [-0.1, -0.05) is 0 Å². The summed E-state index contributed by atoms with van der Waals surface area (Å²) in [7, 11) is 0. The molecule has 0 spiro atoms. The number of nitrogens with two attached hydrogens (primary N) is 1. The molecule has 0 aliphatic carbocycles. The van der Waals surface area contributed by atoms with E-state index < -0.39 is 5.97 Å². The molecule has 0 atom stereocenters. The summed E-state index contributed by atoms with van der Waals surface area (Å²) in [5.74, 6) is -1.22. The molecule has 0 aliphatic rings. The van der Waals surface area contributed by atoms with E-state index in [2.05, 4.69) is 5.73 Å². The largest absolute Gasteiger partial charge is 3.00 e. The quantitative estimate of drug-likeness (QED) is 0.374. The molecule has 0 radical (unpaired) electrons. The predicted octanol–water partition coefficient (Wildman–Crippen LogP) is -2.86. The van der Waals surface area contributed by atoms with Crippen molar-refractivity contribution in [3.63, 3.8) is 0 Å². The first-order valence-electron chi connectivity index (χ1n) is 1.17. The minimum Gasteiger partial charge on any atom is -0.870 e. The second-order valence-electron chi connectivity index (χ2n) is 0.576. The van der Waals surface area contributed by atoms with E-state index in [9.17, 15) is 0 Å². The van der Waals surface area contributed by atoms with Crippen LogP contribution < -0.4 is 10.8 Å². The van der Waals surface area contributed by atoms with Crippen LogP contribution in [0, 0.1) is 0 Å². The van der Waals surface area contributed by atoms with Crippen LogP contribution >= 0.6 is 0 Å². The molecule has 0 amide bonds. The molecule has 0 unspecified atom stereocenters. The van der Waals surface area contributed by atoms with Crippen LogP contribution in [0.25, 0.3) is 0 Å². The van der Waals surface area contributed by atoms with Gasteiger partial charge in [-0.3, -0.25) is 0 Å². The zero-order chi connectivity index (χ0) is 4.28. The van der Waals surface area contributed by atoms with Gasteiger partial charge in [-0.15, -0.1) is 0 Å². The molecular formula is C2H5AlNO3+. The van der Waals surface area contributed by atoms with Gasteiger partial charge in [0.05, 0.1) is 5.97 Å². The Kier molecular flexibility index (Phi) is 21.0. The van der Waals surface area contributed by atoms with Crippen molar-refractivity contribution in [2.45, 2.75) is 0 Å². The summed E-state index contributed by atoms with van der Waals surface area (Å²) >= 11 is 0. The third kappa shape index (κ3) is 24.7. The van der Waals surface area contributed by atoms with Crippen LogP contribution in [0.4, 0.5) is 0 Å². The van der Waals surface area contributed by atoms with E-state index in [1.54, 1.807) is 0 Å². The Hall–Kier alpha value is -0.0775. The first-order chi connectivity index (χ1) is 2.27. The molecule has 0 saturated carbocycles. The van der Waals surface area contributed by atoms with Crippen LogP contribution in [-0.2, 0) is 4.79 Å². The molecule has 5 heteroatoms. The minimum atomic E-state index is -1.22. The molecule has 0 fully saturated rings. The van der Waals surface area contributed by atoms with Crippen molar-refractivity contribution < 1.29 is 15.4 Å². The van der Waals surface area contributed by atoms with Gasteiger partial charge in [-0.05, 0) is 0 Å². The maximum Gasteiger partial charge on any atom is 3.00 e. The van der Waals surface area contributed by atoms with Crippen molar-refractivity contribution in [3.8, 4) is 0 Å². The van der Waals surface area contributed by atoms with Crippen molar-refractivity contribution >= 4 is 23.3 Å². The summed E-state index contributed by atoms with van der Waals surface area (Å²) in [4.78, 5) is 9.13. The second-order valence-corrected chi connectivity index (χ2v) is 0.576. The van der Waals surface area contributed by atoms with Gasteiger partial charge < -0.3 is 21.1 Å². The Morgan fingerprint density at radius 1 is 1.71 bits per heavy atom. The monoisotopic (exact) mass is 118 g/mol. The van der Waals surface area contributed by atoms with E-state index in [4.69, 9.17) is 9.90 Å². The number of aliphatic carboxylic acids is 1. The number of carbonyl (C=O) groups excluding carboxylic acids is 1. The molecular weight excluding hydrogens is 113 g/mol. The number of carboxylic acids is 1. The van der Waals surface area contributed by atoms with Gasteiger partial charge in [0.25, 0.3) is 0 Å². The molecule has 0 aromatic heterocycles. The Morgan fingerprint density at radius 2 is 1.86 bits per heavy atom. The number of hydrogen-bond acceptors (Lipinski definition) is 4. The predicted molar refractivity (Wildman–Crippen MR) is 21.8 cm³/mol. The normalized spacial score (nSPS) is 5.29. The fraction of sp³-hybridized carbons (Fsp3) is 0.500.